The summed E-state index contributed by atoms with van der Waals surface area (Å²) in [6.07, 6.45) is 0. The molecule has 9 nitrogen and oxygen atoms in total. The van der Waals surface area contributed by atoms with Crippen LogP contribution in [0, 0.1) is 17.0 Å². The third-order valence-electron chi connectivity index (χ3n) is 3.06. The number of nitrogens with one attached hydrogen (secondary N) is 1. The highest BCUT2D eigenvalue weighted by Gasteiger charge is 2.14. The van der Waals surface area contributed by atoms with Gasteiger partial charge in [0.15, 0.2) is 11.5 Å². The van der Waals surface area contributed by atoms with Gasteiger partial charge in [0.05, 0.1) is 4.92 Å². The summed E-state index contributed by atoms with van der Waals surface area (Å²) < 4.78 is 1.44. The second-order valence-corrected chi connectivity index (χ2v) is 4.92. The minimum Gasteiger partial charge on any atom is -0.293 e. The number of rotatable bonds is 3. The number of benzene rings is 1. The largest absolute Gasteiger partial charge is 0.293 e. The Morgan fingerprint density at radius 2 is 2.09 bits per heavy atom. The van der Waals surface area contributed by atoms with Gasteiger partial charge in [-0.15, -0.1) is 5.10 Å². The van der Waals surface area contributed by atoms with Gasteiger partial charge in [-0.2, -0.15) is 9.50 Å². The number of aryl methyl sites for hydroxylation is 1. The van der Waals surface area contributed by atoms with E-state index in [0.717, 1.165) is 0 Å². The fraction of sp³-hybridized carbons (Fsp3) is 0.143. The number of fused-ring (bicyclic) bond motifs is 1. The van der Waals surface area contributed by atoms with Crippen LogP contribution in [0.15, 0.2) is 30.3 Å². The number of nitro groups is 1. The third-order valence-corrected chi connectivity index (χ3v) is 3.06. The maximum atomic E-state index is 11.1. The van der Waals surface area contributed by atoms with Gasteiger partial charge in [0, 0.05) is 36.4 Å². The highest BCUT2D eigenvalue weighted by molar-refractivity contribution is 5.86. The van der Waals surface area contributed by atoms with Gasteiger partial charge in [0.2, 0.25) is 11.9 Å². The Labute approximate surface area is 130 Å². The van der Waals surface area contributed by atoms with Gasteiger partial charge in [0.1, 0.15) is 0 Å². The molecule has 9 heteroatoms. The first-order valence-electron chi connectivity index (χ1n) is 6.71. The molecule has 0 fully saturated rings. The molecule has 0 bridgehead atoms. The summed E-state index contributed by atoms with van der Waals surface area (Å²) in [6.45, 7) is 3.14. The lowest BCUT2D eigenvalue weighted by atomic mass is 10.2. The lowest BCUT2D eigenvalue weighted by Crippen LogP contribution is -2.07. The van der Waals surface area contributed by atoms with Crippen LogP contribution >= 0.6 is 0 Å². The number of carbonyl (C=O) groups is 1. The number of hydrogen-bond donors (Lipinski definition) is 1. The van der Waals surface area contributed by atoms with Crippen LogP contribution in [-0.2, 0) is 4.79 Å². The number of anilines is 1. The summed E-state index contributed by atoms with van der Waals surface area (Å²) in [5.74, 6) is 0.270. The minimum absolute atomic E-state index is 0.0406. The molecule has 0 saturated heterocycles. The molecule has 116 valence electrons. The van der Waals surface area contributed by atoms with E-state index in [1.165, 1.54) is 23.6 Å². The summed E-state index contributed by atoms with van der Waals surface area (Å²) in [4.78, 5) is 30.2. The van der Waals surface area contributed by atoms with E-state index in [1.807, 2.05) is 0 Å². The number of hydrogen-bond acceptors (Lipinski definition) is 6. The zero-order valence-electron chi connectivity index (χ0n) is 12.3. The molecule has 0 radical (unpaired) electrons. The molecule has 1 amide bonds. The van der Waals surface area contributed by atoms with Gasteiger partial charge in [0.25, 0.3) is 5.69 Å². The average Bonchev–Trinajstić information content (AvgIpc) is 2.87. The average molecular weight is 312 g/mol. The molecule has 2 aromatic heterocycles. The molecule has 3 aromatic rings. The second-order valence-electron chi connectivity index (χ2n) is 4.92. The van der Waals surface area contributed by atoms with Crippen LogP contribution in [-0.4, -0.2) is 30.4 Å². The van der Waals surface area contributed by atoms with Gasteiger partial charge in [-0.1, -0.05) is 12.1 Å². The molecule has 0 spiro atoms. The molecule has 1 aromatic carbocycles. The predicted octanol–water partition coefficient (Wildman–Crippen LogP) is 1.97. The van der Waals surface area contributed by atoms with Crippen LogP contribution in [0.1, 0.15) is 12.6 Å². The van der Waals surface area contributed by atoms with Crippen molar-refractivity contribution < 1.29 is 9.72 Å². The predicted molar refractivity (Wildman–Crippen MR) is 81.9 cm³/mol. The molecule has 0 aliphatic rings. The molecule has 0 aliphatic carbocycles. The molecular weight excluding hydrogens is 300 g/mol. The first-order chi connectivity index (χ1) is 10.9. The Bertz CT molecular complexity index is 933. The molecule has 0 atom stereocenters. The van der Waals surface area contributed by atoms with Crippen molar-refractivity contribution in [1.82, 2.24) is 19.6 Å². The van der Waals surface area contributed by atoms with E-state index in [2.05, 4.69) is 20.4 Å². The summed E-state index contributed by atoms with van der Waals surface area (Å²) in [5, 5.41) is 17.6. The maximum Gasteiger partial charge on any atom is 0.270 e. The Morgan fingerprint density at radius 3 is 2.78 bits per heavy atom. The van der Waals surface area contributed by atoms with Crippen molar-refractivity contribution in [3.05, 3.63) is 46.1 Å². The van der Waals surface area contributed by atoms with E-state index in [4.69, 9.17) is 0 Å². The van der Waals surface area contributed by atoms with Crippen molar-refractivity contribution >= 4 is 23.2 Å². The van der Waals surface area contributed by atoms with Gasteiger partial charge in [-0.05, 0) is 6.92 Å². The summed E-state index contributed by atoms with van der Waals surface area (Å²) in [5.41, 5.74) is 1.66. The van der Waals surface area contributed by atoms with Crippen LogP contribution in [0.4, 0.5) is 11.6 Å². The van der Waals surface area contributed by atoms with Crippen LogP contribution in [0.3, 0.4) is 0 Å². The second kappa shape index (κ2) is 5.44. The van der Waals surface area contributed by atoms with E-state index in [-0.39, 0.29) is 17.5 Å². The van der Waals surface area contributed by atoms with Gasteiger partial charge < -0.3 is 0 Å². The number of nitro benzene ring substituents is 1. The van der Waals surface area contributed by atoms with Crippen molar-refractivity contribution in [2.75, 3.05) is 5.32 Å². The number of nitrogens with zero attached hydrogens (tertiary/aromatic N) is 5. The monoisotopic (exact) mass is 312 g/mol. The van der Waals surface area contributed by atoms with E-state index in [9.17, 15) is 14.9 Å². The van der Waals surface area contributed by atoms with Gasteiger partial charge in [-0.3, -0.25) is 20.2 Å². The Balaban J connectivity index is 2.20. The maximum absolute atomic E-state index is 11.1. The minimum atomic E-state index is -0.472. The molecule has 2 heterocycles. The summed E-state index contributed by atoms with van der Waals surface area (Å²) in [6, 6.07) is 7.81. The topological polar surface area (TPSA) is 115 Å². The molecule has 3 rings (SSSR count). The van der Waals surface area contributed by atoms with E-state index in [0.29, 0.717) is 22.7 Å². The summed E-state index contributed by atoms with van der Waals surface area (Å²) in [7, 11) is 0. The first kappa shape index (κ1) is 14.6. The summed E-state index contributed by atoms with van der Waals surface area (Å²) >= 11 is 0. The van der Waals surface area contributed by atoms with Crippen LogP contribution in [0.2, 0.25) is 0 Å². The van der Waals surface area contributed by atoms with Gasteiger partial charge >= 0.3 is 0 Å². The number of carbonyl (C=O) groups excluding carboxylic acids is 1. The smallest absolute Gasteiger partial charge is 0.270 e. The Hall–Kier alpha value is -3.36. The van der Waals surface area contributed by atoms with Crippen LogP contribution in [0.5, 0.6) is 0 Å². The molecule has 1 N–H and O–H groups in total. The zero-order chi connectivity index (χ0) is 16.6. The molecule has 0 aliphatic heterocycles. The van der Waals surface area contributed by atoms with Crippen molar-refractivity contribution in [3.8, 4) is 11.4 Å². The normalized spacial score (nSPS) is 10.7. The first-order valence-corrected chi connectivity index (χ1v) is 6.71. The third kappa shape index (κ3) is 2.84. The van der Waals surface area contributed by atoms with Crippen molar-refractivity contribution in [1.29, 1.82) is 0 Å². The van der Waals surface area contributed by atoms with Crippen molar-refractivity contribution in [3.63, 3.8) is 0 Å². The highest BCUT2D eigenvalue weighted by Crippen LogP contribution is 2.23. The molecule has 0 unspecified atom stereocenters. The number of amides is 1. The quantitative estimate of drug-likeness (QED) is 0.584. The lowest BCUT2D eigenvalue weighted by molar-refractivity contribution is -0.384. The zero-order valence-corrected chi connectivity index (χ0v) is 12.3. The van der Waals surface area contributed by atoms with E-state index < -0.39 is 4.92 Å². The Morgan fingerprint density at radius 1 is 1.30 bits per heavy atom. The Kier molecular flexibility index (Phi) is 3.45. The fourth-order valence-electron chi connectivity index (χ4n) is 2.16. The van der Waals surface area contributed by atoms with E-state index in [1.54, 1.807) is 25.1 Å². The van der Waals surface area contributed by atoms with Crippen molar-refractivity contribution in [2.45, 2.75) is 13.8 Å². The van der Waals surface area contributed by atoms with Crippen molar-refractivity contribution in [2.24, 2.45) is 0 Å². The molecule has 0 saturated carbocycles. The van der Waals surface area contributed by atoms with Crippen LogP contribution in [0.25, 0.3) is 17.0 Å². The standard InChI is InChI=1S/C14H12N6O3/c1-8-6-12-17-14(16-9(2)21)18-19(12)13(15-8)10-4-3-5-11(7-10)20(22)23/h3-7H,1-2H3,(H,16,18,21). The van der Waals surface area contributed by atoms with E-state index >= 15 is 0 Å². The highest BCUT2D eigenvalue weighted by atomic mass is 16.6. The number of non-ortho nitro benzene ring substituents is 1. The van der Waals surface area contributed by atoms with Gasteiger partial charge in [-0.25, -0.2) is 4.98 Å². The van der Waals surface area contributed by atoms with Crippen LogP contribution < -0.4 is 5.32 Å². The molecule has 23 heavy (non-hydrogen) atoms. The lowest BCUT2D eigenvalue weighted by Gasteiger charge is -2.04. The number of aromatic nitrogens is 4. The fourth-order valence-corrected chi connectivity index (χ4v) is 2.16. The SMILES string of the molecule is CC(=O)Nc1nc2cc(C)nc(-c3cccc([N+](=O)[O-])c3)n2n1. The molecular formula is C14H12N6O3.